The van der Waals surface area contributed by atoms with E-state index >= 15 is 0 Å². The smallest absolute Gasteiger partial charge is 0.195 e. The highest BCUT2D eigenvalue weighted by molar-refractivity contribution is 7.71. The van der Waals surface area contributed by atoms with E-state index in [1.54, 1.807) is 0 Å². The van der Waals surface area contributed by atoms with Crippen molar-refractivity contribution in [3.05, 3.63) is 10.6 Å². The van der Waals surface area contributed by atoms with Crippen molar-refractivity contribution in [1.29, 1.82) is 0 Å². The van der Waals surface area contributed by atoms with Crippen LogP contribution in [0.3, 0.4) is 0 Å². The predicted molar refractivity (Wildman–Crippen MR) is 60.0 cm³/mol. The van der Waals surface area contributed by atoms with Gasteiger partial charge < -0.3 is 5.11 Å². The molecule has 0 amide bonds. The zero-order valence-electron chi connectivity index (χ0n) is 8.94. The Kier molecular flexibility index (Phi) is 3.21. The van der Waals surface area contributed by atoms with E-state index in [0.29, 0.717) is 22.6 Å². The summed E-state index contributed by atoms with van der Waals surface area (Å²) in [7, 11) is 0. The summed E-state index contributed by atoms with van der Waals surface area (Å²) in [6.45, 7) is 2.12. The number of nitrogens with zero attached hydrogens (tertiary/aromatic N) is 2. The molecule has 1 aliphatic carbocycles. The molecule has 0 aromatic carbocycles. The maximum Gasteiger partial charge on any atom is 0.195 e. The molecule has 1 saturated carbocycles. The molecule has 4 nitrogen and oxygen atoms in total. The Morgan fingerprint density at radius 2 is 2.27 bits per heavy atom. The molecule has 0 spiro atoms. The molecule has 0 bridgehead atoms. The fraction of sp³-hybridized carbons (Fsp3) is 0.800. The van der Waals surface area contributed by atoms with Gasteiger partial charge >= 0.3 is 0 Å². The minimum atomic E-state index is -0.0514. The SMILES string of the molecule is CC(C1CCCC1)n1c(CO)n[nH]c1=S. The van der Waals surface area contributed by atoms with E-state index in [1.165, 1.54) is 25.7 Å². The van der Waals surface area contributed by atoms with Crippen LogP contribution >= 0.6 is 12.2 Å². The number of hydrogen-bond acceptors (Lipinski definition) is 3. The van der Waals surface area contributed by atoms with Crippen LogP contribution in [-0.4, -0.2) is 19.9 Å². The van der Waals surface area contributed by atoms with Crippen LogP contribution in [0, 0.1) is 10.7 Å². The van der Waals surface area contributed by atoms with Gasteiger partial charge in [0.2, 0.25) is 0 Å². The lowest BCUT2D eigenvalue weighted by molar-refractivity contribution is 0.250. The highest BCUT2D eigenvalue weighted by atomic mass is 32.1. The summed E-state index contributed by atoms with van der Waals surface area (Å²) in [4.78, 5) is 0. The van der Waals surface area contributed by atoms with Crippen molar-refractivity contribution in [3.8, 4) is 0 Å². The lowest BCUT2D eigenvalue weighted by atomic mass is 10.00. The second kappa shape index (κ2) is 4.45. The van der Waals surface area contributed by atoms with Gasteiger partial charge in [0.05, 0.1) is 0 Å². The average molecular weight is 227 g/mol. The van der Waals surface area contributed by atoms with Gasteiger partial charge in [-0.15, -0.1) is 0 Å². The summed E-state index contributed by atoms with van der Waals surface area (Å²) in [5.41, 5.74) is 0. The number of nitrogens with one attached hydrogen (secondary N) is 1. The molecule has 1 aliphatic rings. The molecule has 15 heavy (non-hydrogen) atoms. The molecule has 84 valence electrons. The second-order valence-corrected chi connectivity index (χ2v) is 4.64. The van der Waals surface area contributed by atoms with E-state index in [1.807, 2.05) is 4.57 Å². The standard InChI is InChI=1S/C10H17N3OS/c1-7(8-4-2-3-5-8)13-9(6-14)11-12-10(13)15/h7-8,14H,2-6H2,1H3,(H,12,15). The minimum Gasteiger partial charge on any atom is -0.388 e. The largest absolute Gasteiger partial charge is 0.388 e. The molecule has 0 aliphatic heterocycles. The van der Waals surface area contributed by atoms with Crippen molar-refractivity contribution < 1.29 is 5.11 Å². The quantitative estimate of drug-likeness (QED) is 0.778. The number of rotatable bonds is 3. The van der Waals surface area contributed by atoms with Gasteiger partial charge in [-0.2, -0.15) is 5.10 Å². The molecule has 1 aromatic heterocycles. The lowest BCUT2D eigenvalue weighted by Crippen LogP contribution is -2.16. The first-order chi connectivity index (χ1) is 7.24. The number of aromatic amines is 1. The molecular formula is C10H17N3OS. The lowest BCUT2D eigenvalue weighted by Gasteiger charge is -2.21. The topological polar surface area (TPSA) is 53.8 Å². The number of aliphatic hydroxyl groups excluding tert-OH is 1. The van der Waals surface area contributed by atoms with Crippen molar-refractivity contribution in [1.82, 2.24) is 14.8 Å². The van der Waals surface area contributed by atoms with E-state index in [2.05, 4.69) is 17.1 Å². The number of aromatic nitrogens is 3. The molecule has 1 unspecified atom stereocenters. The van der Waals surface area contributed by atoms with Crippen LogP contribution in [0.4, 0.5) is 0 Å². The zero-order chi connectivity index (χ0) is 10.8. The Balaban J connectivity index is 2.26. The van der Waals surface area contributed by atoms with E-state index in [0.717, 1.165) is 0 Å². The number of aliphatic hydroxyl groups is 1. The van der Waals surface area contributed by atoms with Gasteiger partial charge in [-0.25, -0.2) is 0 Å². The Bertz CT molecular complexity index is 378. The molecule has 5 heteroatoms. The zero-order valence-corrected chi connectivity index (χ0v) is 9.76. The van der Waals surface area contributed by atoms with Gasteiger partial charge in [-0.05, 0) is 37.9 Å². The van der Waals surface area contributed by atoms with Crippen LogP contribution in [0.2, 0.25) is 0 Å². The van der Waals surface area contributed by atoms with E-state index < -0.39 is 0 Å². The second-order valence-electron chi connectivity index (χ2n) is 4.26. The fourth-order valence-electron chi connectivity index (χ4n) is 2.52. The first kappa shape index (κ1) is 10.8. The maximum atomic E-state index is 9.17. The molecule has 1 atom stereocenters. The van der Waals surface area contributed by atoms with Crippen LogP contribution in [0.5, 0.6) is 0 Å². The third-order valence-electron chi connectivity index (χ3n) is 3.41. The summed E-state index contributed by atoms with van der Waals surface area (Å²) in [6, 6.07) is 0.348. The Morgan fingerprint density at radius 3 is 2.87 bits per heavy atom. The average Bonchev–Trinajstić information content (AvgIpc) is 2.85. The summed E-state index contributed by atoms with van der Waals surface area (Å²) >= 11 is 5.18. The van der Waals surface area contributed by atoms with Crippen molar-refractivity contribution in [2.45, 2.75) is 45.3 Å². The Hall–Kier alpha value is -0.680. The Labute approximate surface area is 94.3 Å². The maximum absolute atomic E-state index is 9.17. The van der Waals surface area contributed by atoms with Gasteiger partial charge in [0, 0.05) is 6.04 Å². The van der Waals surface area contributed by atoms with Gasteiger partial charge in [0.15, 0.2) is 10.6 Å². The van der Waals surface area contributed by atoms with Crippen LogP contribution in [0.1, 0.15) is 44.5 Å². The molecular weight excluding hydrogens is 210 g/mol. The van der Waals surface area contributed by atoms with Crippen LogP contribution in [0.25, 0.3) is 0 Å². The highest BCUT2D eigenvalue weighted by Crippen LogP contribution is 2.34. The van der Waals surface area contributed by atoms with Crippen LogP contribution in [0.15, 0.2) is 0 Å². The van der Waals surface area contributed by atoms with Crippen molar-refractivity contribution in [3.63, 3.8) is 0 Å². The van der Waals surface area contributed by atoms with Crippen molar-refractivity contribution >= 4 is 12.2 Å². The van der Waals surface area contributed by atoms with E-state index in [-0.39, 0.29) is 6.61 Å². The third kappa shape index (κ3) is 1.99. The number of H-pyrrole nitrogens is 1. The summed E-state index contributed by atoms with van der Waals surface area (Å²) < 4.78 is 2.59. The van der Waals surface area contributed by atoms with E-state index in [9.17, 15) is 5.11 Å². The van der Waals surface area contributed by atoms with Crippen LogP contribution < -0.4 is 0 Å². The molecule has 2 N–H and O–H groups in total. The van der Waals surface area contributed by atoms with Gasteiger partial charge in [-0.3, -0.25) is 9.67 Å². The Morgan fingerprint density at radius 1 is 1.60 bits per heavy atom. The van der Waals surface area contributed by atoms with Gasteiger partial charge in [0.25, 0.3) is 0 Å². The molecule has 0 saturated heterocycles. The van der Waals surface area contributed by atoms with Crippen LogP contribution in [-0.2, 0) is 6.61 Å². The molecule has 0 radical (unpaired) electrons. The van der Waals surface area contributed by atoms with E-state index in [4.69, 9.17) is 12.2 Å². The number of hydrogen-bond donors (Lipinski definition) is 2. The normalized spacial score (nSPS) is 19.6. The summed E-state index contributed by atoms with van der Waals surface area (Å²) in [5.74, 6) is 1.33. The van der Waals surface area contributed by atoms with Gasteiger partial charge in [0.1, 0.15) is 6.61 Å². The fourth-order valence-corrected chi connectivity index (χ4v) is 2.84. The summed E-state index contributed by atoms with van der Waals surface area (Å²) in [5, 5.41) is 15.9. The summed E-state index contributed by atoms with van der Waals surface area (Å²) in [6.07, 6.45) is 5.15. The minimum absolute atomic E-state index is 0.0514. The highest BCUT2D eigenvalue weighted by Gasteiger charge is 2.24. The molecule has 2 rings (SSSR count). The van der Waals surface area contributed by atoms with Crippen molar-refractivity contribution in [2.24, 2.45) is 5.92 Å². The van der Waals surface area contributed by atoms with Crippen molar-refractivity contribution in [2.75, 3.05) is 0 Å². The third-order valence-corrected chi connectivity index (χ3v) is 3.70. The molecule has 1 fully saturated rings. The first-order valence-corrected chi connectivity index (χ1v) is 5.91. The first-order valence-electron chi connectivity index (χ1n) is 5.50. The predicted octanol–water partition coefficient (Wildman–Crippen LogP) is 2.18. The monoisotopic (exact) mass is 227 g/mol. The van der Waals surface area contributed by atoms with Gasteiger partial charge in [-0.1, -0.05) is 12.8 Å². The molecule has 1 aromatic rings. The molecule has 1 heterocycles.